The molecule has 0 aliphatic rings. The van der Waals surface area contributed by atoms with E-state index in [-0.39, 0.29) is 5.82 Å². The molecule has 0 fully saturated rings. The second-order valence-electron chi connectivity index (χ2n) is 6.52. The zero-order valence-corrected chi connectivity index (χ0v) is 17.3. The maximum Gasteiger partial charge on any atom is 0.286 e. The van der Waals surface area contributed by atoms with E-state index in [1.807, 2.05) is 18.2 Å². The van der Waals surface area contributed by atoms with Gasteiger partial charge in [0.05, 0.1) is 23.3 Å². The first-order valence-electron chi connectivity index (χ1n) is 9.28. The summed E-state index contributed by atoms with van der Waals surface area (Å²) in [6, 6.07) is 16.1. The highest BCUT2D eigenvalue weighted by Crippen LogP contribution is 2.32. The Balaban J connectivity index is 1.61. The summed E-state index contributed by atoms with van der Waals surface area (Å²) in [6.07, 6.45) is 1.70. The number of benzene rings is 2. The molecule has 0 spiro atoms. The summed E-state index contributed by atoms with van der Waals surface area (Å²) in [5.41, 5.74) is 7.37. The molecule has 0 bridgehead atoms. The number of methoxy groups -OCH3 is 1. The minimum absolute atomic E-state index is 0.107. The van der Waals surface area contributed by atoms with Crippen LogP contribution in [0.3, 0.4) is 0 Å². The van der Waals surface area contributed by atoms with Crippen molar-refractivity contribution in [3.8, 4) is 11.5 Å². The molecular weight excluding hydrogens is 418 g/mol. The number of primary amides is 1. The molecule has 1 amide bonds. The number of carbonyl (C=O) groups is 1. The molecule has 2 heterocycles. The van der Waals surface area contributed by atoms with E-state index in [0.29, 0.717) is 45.5 Å². The summed E-state index contributed by atoms with van der Waals surface area (Å²) in [5, 5.41) is 4.27. The predicted molar refractivity (Wildman–Crippen MR) is 118 cm³/mol. The Morgan fingerprint density at radius 1 is 1.13 bits per heavy atom. The lowest BCUT2D eigenvalue weighted by atomic mass is 10.2. The number of amides is 1. The van der Waals surface area contributed by atoms with Gasteiger partial charge in [0, 0.05) is 23.3 Å². The molecular formula is C22H18ClN5O3. The van der Waals surface area contributed by atoms with Gasteiger partial charge in [0.25, 0.3) is 5.91 Å². The van der Waals surface area contributed by atoms with E-state index in [2.05, 4.69) is 20.3 Å². The molecule has 0 saturated carbocycles. The summed E-state index contributed by atoms with van der Waals surface area (Å²) in [4.78, 5) is 24.4. The summed E-state index contributed by atoms with van der Waals surface area (Å²) in [5.74, 6) is 0.700. The van der Waals surface area contributed by atoms with Gasteiger partial charge in [-0.2, -0.15) is 0 Å². The number of nitrogens with one attached hydrogen (secondary N) is 1. The highest BCUT2D eigenvalue weighted by molar-refractivity contribution is 6.32. The lowest BCUT2D eigenvalue weighted by molar-refractivity contribution is 0.0991. The van der Waals surface area contributed by atoms with Gasteiger partial charge in [-0.1, -0.05) is 17.7 Å². The molecule has 9 heteroatoms. The van der Waals surface area contributed by atoms with Crippen molar-refractivity contribution in [2.24, 2.45) is 5.73 Å². The van der Waals surface area contributed by atoms with Crippen LogP contribution in [0.1, 0.15) is 16.3 Å². The first-order chi connectivity index (χ1) is 15.0. The van der Waals surface area contributed by atoms with E-state index < -0.39 is 5.91 Å². The fourth-order valence-corrected chi connectivity index (χ4v) is 3.14. The molecule has 0 saturated heterocycles. The maximum atomic E-state index is 11.7. The number of aromatic nitrogens is 3. The highest BCUT2D eigenvalue weighted by Gasteiger charge is 2.13. The predicted octanol–water partition coefficient (Wildman–Crippen LogP) is 4.11. The van der Waals surface area contributed by atoms with Gasteiger partial charge in [-0.3, -0.25) is 9.78 Å². The van der Waals surface area contributed by atoms with Crippen LogP contribution in [-0.2, 0) is 6.61 Å². The topological polar surface area (TPSA) is 112 Å². The average Bonchev–Trinajstić information content (AvgIpc) is 2.78. The smallest absolute Gasteiger partial charge is 0.286 e. The second-order valence-corrected chi connectivity index (χ2v) is 6.93. The number of fused-ring (bicyclic) bond motifs is 1. The number of ether oxygens (including phenoxy) is 2. The van der Waals surface area contributed by atoms with E-state index in [9.17, 15) is 4.79 Å². The molecule has 0 aliphatic heterocycles. The van der Waals surface area contributed by atoms with Crippen molar-refractivity contribution in [1.29, 1.82) is 0 Å². The molecule has 0 radical (unpaired) electrons. The van der Waals surface area contributed by atoms with Gasteiger partial charge in [-0.15, -0.1) is 0 Å². The molecule has 2 aromatic heterocycles. The Labute approximate surface area is 183 Å². The van der Waals surface area contributed by atoms with Gasteiger partial charge in [0.1, 0.15) is 23.9 Å². The second kappa shape index (κ2) is 8.85. The monoisotopic (exact) mass is 435 g/mol. The van der Waals surface area contributed by atoms with Crippen molar-refractivity contribution in [2.75, 3.05) is 12.4 Å². The fraction of sp³-hybridized carbons (Fsp3) is 0.0909. The number of rotatable bonds is 7. The molecule has 8 nitrogen and oxygen atoms in total. The van der Waals surface area contributed by atoms with Gasteiger partial charge >= 0.3 is 0 Å². The van der Waals surface area contributed by atoms with Crippen LogP contribution in [0.4, 0.5) is 11.5 Å². The van der Waals surface area contributed by atoms with Crippen molar-refractivity contribution < 1.29 is 14.3 Å². The standard InChI is InChI=1S/C22H18ClN5O3/c1-30-15-6-7-16-18(11-15)27-22(20(24)29)28-21(16)26-13-5-8-19(17(23)10-13)31-12-14-4-2-3-9-25-14/h2-11H,12H2,1H3,(H2,24,29)(H,26,27,28). The Morgan fingerprint density at radius 2 is 2.00 bits per heavy atom. The molecule has 3 N–H and O–H groups in total. The number of anilines is 2. The Hall–Kier alpha value is -3.91. The SMILES string of the molecule is COc1ccc2c(Nc3ccc(OCc4ccccn4)c(Cl)c3)nc(C(N)=O)nc2c1. The van der Waals surface area contributed by atoms with Crippen LogP contribution in [0.25, 0.3) is 10.9 Å². The quantitative estimate of drug-likeness (QED) is 0.449. The summed E-state index contributed by atoms with van der Waals surface area (Å²) in [7, 11) is 1.55. The van der Waals surface area contributed by atoms with Crippen molar-refractivity contribution >= 4 is 39.9 Å². The van der Waals surface area contributed by atoms with E-state index in [1.54, 1.807) is 49.7 Å². The lowest BCUT2D eigenvalue weighted by Crippen LogP contribution is -2.16. The van der Waals surface area contributed by atoms with Gasteiger partial charge < -0.3 is 20.5 Å². The third-order valence-electron chi connectivity index (χ3n) is 4.42. The van der Waals surface area contributed by atoms with Crippen LogP contribution >= 0.6 is 11.6 Å². The minimum atomic E-state index is -0.732. The molecule has 2 aromatic carbocycles. The number of nitrogens with zero attached hydrogens (tertiary/aromatic N) is 3. The summed E-state index contributed by atoms with van der Waals surface area (Å²) in [6.45, 7) is 0.299. The van der Waals surface area contributed by atoms with Crippen molar-refractivity contribution in [2.45, 2.75) is 6.61 Å². The number of pyridine rings is 1. The summed E-state index contributed by atoms with van der Waals surface area (Å²) < 4.78 is 11.0. The zero-order chi connectivity index (χ0) is 21.8. The molecule has 0 unspecified atom stereocenters. The third kappa shape index (κ3) is 4.65. The van der Waals surface area contributed by atoms with E-state index in [1.165, 1.54) is 0 Å². The normalized spacial score (nSPS) is 10.6. The van der Waals surface area contributed by atoms with Crippen LogP contribution in [0.2, 0.25) is 5.02 Å². The van der Waals surface area contributed by atoms with E-state index >= 15 is 0 Å². The van der Waals surface area contributed by atoms with Crippen molar-refractivity contribution in [3.63, 3.8) is 0 Å². The summed E-state index contributed by atoms with van der Waals surface area (Å²) >= 11 is 6.39. The maximum absolute atomic E-state index is 11.7. The first-order valence-corrected chi connectivity index (χ1v) is 9.66. The zero-order valence-electron chi connectivity index (χ0n) is 16.5. The van der Waals surface area contributed by atoms with Crippen LogP contribution in [0, 0.1) is 0 Å². The van der Waals surface area contributed by atoms with Crippen LogP contribution in [0.5, 0.6) is 11.5 Å². The number of halogens is 1. The van der Waals surface area contributed by atoms with Crippen LogP contribution in [-0.4, -0.2) is 28.0 Å². The van der Waals surface area contributed by atoms with Crippen LogP contribution in [0.15, 0.2) is 60.8 Å². The highest BCUT2D eigenvalue weighted by atomic mass is 35.5. The number of nitrogens with two attached hydrogens (primary N) is 1. The van der Waals surface area contributed by atoms with Gasteiger partial charge in [-0.25, -0.2) is 9.97 Å². The lowest BCUT2D eigenvalue weighted by Gasteiger charge is -2.13. The number of hydrogen-bond acceptors (Lipinski definition) is 7. The first kappa shape index (κ1) is 20.4. The molecule has 4 aromatic rings. The van der Waals surface area contributed by atoms with Gasteiger partial charge in [0.15, 0.2) is 0 Å². The van der Waals surface area contributed by atoms with Gasteiger partial charge in [0.2, 0.25) is 5.82 Å². The molecule has 31 heavy (non-hydrogen) atoms. The number of hydrogen-bond donors (Lipinski definition) is 2. The van der Waals surface area contributed by atoms with Crippen LogP contribution < -0.4 is 20.5 Å². The largest absolute Gasteiger partial charge is 0.497 e. The van der Waals surface area contributed by atoms with E-state index in [4.69, 9.17) is 26.8 Å². The van der Waals surface area contributed by atoms with Crippen molar-refractivity contribution in [3.05, 3.63) is 77.3 Å². The Kier molecular flexibility index (Phi) is 5.81. The fourth-order valence-electron chi connectivity index (χ4n) is 2.91. The number of carbonyl (C=O) groups excluding carboxylic acids is 1. The Bertz CT molecular complexity index is 1250. The third-order valence-corrected chi connectivity index (χ3v) is 4.72. The van der Waals surface area contributed by atoms with Crippen molar-refractivity contribution in [1.82, 2.24) is 15.0 Å². The van der Waals surface area contributed by atoms with Gasteiger partial charge in [-0.05, 0) is 42.5 Å². The minimum Gasteiger partial charge on any atom is -0.497 e. The van der Waals surface area contributed by atoms with E-state index in [0.717, 1.165) is 5.69 Å². The average molecular weight is 436 g/mol. The molecule has 156 valence electrons. The molecule has 0 atom stereocenters. The molecule has 4 rings (SSSR count). The Morgan fingerprint density at radius 3 is 2.71 bits per heavy atom. The molecule has 0 aliphatic carbocycles.